The minimum absolute atomic E-state index is 0.0508. The minimum atomic E-state index is -0.206. The Morgan fingerprint density at radius 2 is 1.82 bits per heavy atom. The molecular formula is C30H25N3O5S. The number of hydrogen-bond acceptors (Lipinski definition) is 8. The molecule has 9 heteroatoms. The first kappa shape index (κ1) is 25.9. The van der Waals surface area contributed by atoms with Crippen LogP contribution >= 0.6 is 11.8 Å². The molecule has 2 heterocycles. The Labute approximate surface area is 229 Å². The Kier molecular flexibility index (Phi) is 8.09. The second-order valence-electron chi connectivity index (χ2n) is 8.36. The van der Waals surface area contributed by atoms with Crippen molar-refractivity contribution in [2.45, 2.75) is 13.5 Å². The third-order valence-corrected chi connectivity index (χ3v) is 6.55. The molecule has 1 aromatic heterocycles. The van der Waals surface area contributed by atoms with E-state index < -0.39 is 0 Å². The van der Waals surface area contributed by atoms with Crippen LogP contribution in [0.2, 0.25) is 0 Å². The van der Waals surface area contributed by atoms with Gasteiger partial charge in [-0.3, -0.25) is 9.69 Å². The molecule has 0 saturated carbocycles. The van der Waals surface area contributed by atoms with Crippen LogP contribution in [0.3, 0.4) is 0 Å². The van der Waals surface area contributed by atoms with Crippen molar-refractivity contribution in [2.24, 2.45) is 10.2 Å². The number of thioether (sulfide) groups is 1. The number of rotatable bonds is 9. The van der Waals surface area contributed by atoms with Crippen LogP contribution in [0.15, 0.2) is 111 Å². The fraction of sp³-hybridized carbons (Fsp3) is 0.100. The predicted molar refractivity (Wildman–Crippen MR) is 152 cm³/mol. The first-order chi connectivity index (χ1) is 19.1. The van der Waals surface area contributed by atoms with E-state index in [-0.39, 0.29) is 18.2 Å². The van der Waals surface area contributed by atoms with Gasteiger partial charge in [0.15, 0.2) is 16.7 Å². The molecule has 0 aliphatic carbocycles. The van der Waals surface area contributed by atoms with Crippen LogP contribution in [-0.2, 0) is 11.3 Å². The number of furan rings is 1. The summed E-state index contributed by atoms with van der Waals surface area (Å²) in [5, 5.41) is 18.9. The van der Waals surface area contributed by atoms with Gasteiger partial charge in [0, 0.05) is 0 Å². The fourth-order valence-corrected chi connectivity index (χ4v) is 4.69. The van der Waals surface area contributed by atoms with E-state index >= 15 is 0 Å². The predicted octanol–water partition coefficient (Wildman–Crippen LogP) is 6.68. The molecule has 3 aromatic carbocycles. The number of nitrogens with zero attached hydrogens (tertiary/aromatic N) is 3. The number of ether oxygens (including phenoxy) is 2. The molecule has 4 aromatic rings. The number of phenolic OH excluding ortho intramolecular Hbond substituents is 1. The zero-order valence-electron chi connectivity index (χ0n) is 21.1. The Morgan fingerprint density at radius 1 is 0.974 bits per heavy atom. The van der Waals surface area contributed by atoms with Crippen LogP contribution in [0.25, 0.3) is 6.08 Å². The molecule has 0 spiro atoms. The molecule has 1 N–H and O–H groups in total. The third kappa shape index (κ3) is 6.58. The van der Waals surface area contributed by atoms with Gasteiger partial charge in [0.2, 0.25) is 0 Å². The van der Waals surface area contributed by atoms with Crippen LogP contribution < -0.4 is 9.47 Å². The summed E-state index contributed by atoms with van der Waals surface area (Å²) in [5.41, 5.74) is 1.51. The average molecular weight is 540 g/mol. The van der Waals surface area contributed by atoms with E-state index in [1.165, 1.54) is 28.9 Å². The van der Waals surface area contributed by atoms with Crippen molar-refractivity contribution in [3.63, 3.8) is 0 Å². The lowest BCUT2D eigenvalue weighted by Gasteiger charge is -2.12. The number of benzene rings is 3. The lowest BCUT2D eigenvalue weighted by molar-refractivity contribution is -0.122. The minimum Gasteiger partial charge on any atom is -0.504 e. The largest absolute Gasteiger partial charge is 0.504 e. The molecule has 0 unspecified atom stereocenters. The number of hydrogen-bond donors (Lipinski definition) is 1. The lowest BCUT2D eigenvalue weighted by atomic mass is 10.2. The van der Waals surface area contributed by atoms with Gasteiger partial charge in [-0.15, -0.1) is 5.10 Å². The standard InChI is InChI=1S/C30H25N3O5S/c1-2-36-27-17-22(13-14-26(27)34)19-31-32-30-33(20-25-12-7-15-37-25)29(35)28(39-30)18-21-8-6-11-24(16-21)38-23-9-4-3-5-10-23/h3-19,34H,2,20H2,1H3/b28-18-,31-19-,32-30+. The lowest BCUT2D eigenvalue weighted by Crippen LogP contribution is -2.28. The molecule has 1 saturated heterocycles. The highest BCUT2D eigenvalue weighted by atomic mass is 32.2. The number of aromatic hydroxyl groups is 1. The van der Waals surface area contributed by atoms with Gasteiger partial charge < -0.3 is 19.0 Å². The maximum atomic E-state index is 13.4. The van der Waals surface area contributed by atoms with Crippen LogP contribution in [0, 0.1) is 0 Å². The van der Waals surface area contributed by atoms with Crippen molar-refractivity contribution in [1.29, 1.82) is 0 Å². The summed E-state index contributed by atoms with van der Waals surface area (Å²) in [6, 6.07) is 25.5. The Bertz CT molecular complexity index is 1530. The number of amides is 1. The quantitative estimate of drug-likeness (QED) is 0.145. The molecule has 8 nitrogen and oxygen atoms in total. The van der Waals surface area contributed by atoms with Gasteiger partial charge in [-0.1, -0.05) is 30.3 Å². The molecule has 39 heavy (non-hydrogen) atoms. The van der Waals surface area contributed by atoms with E-state index in [1.807, 2.05) is 61.5 Å². The molecule has 5 rings (SSSR count). The highest BCUT2D eigenvalue weighted by Gasteiger charge is 2.34. The number of para-hydroxylation sites is 1. The van der Waals surface area contributed by atoms with E-state index in [2.05, 4.69) is 10.2 Å². The van der Waals surface area contributed by atoms with Gasteiger partial charge in [-0.25, -0.2) is 0 Å². The van der Waals surface area contributed by atoms with Gasteiger partial charge in [-0.05, 0) is 90.5 Å². The second kappa shape index (κ2) is 12.2. The summed E-state index contributed by atoms with van der Waals surface area (Å²) in [6.45, 7) is 2.48. The number of carbonyl (C=O) groups excluding carboxylic acids is 1. The third-order valence-electron chi connectivity index (χ3n) is 5.55. The van der Waals surface area contributed by atoms with Gasteiger partial charge in [-0.2, -0.15) is 5.10 Å². The van der Waals surface area contributed by atoms with Gasteiger partial charge in [0.05, 0.1) is 30.5 Å². The van der Waals surface area contributed by atoms with Gasteiger partial charge in [0.25, 0.3) is 5.91 Å². The van der Waals surface area contributed by atoms with Crippen molar-refractivity contribution in [3.8, 4) is 23.0 Å². The summed E-state index contributed by atoms with van der Waals surface area (Å²) >= 11 is 1.23. The first-order valence-electron chi connectivity index (χ1n) is 12.2. The van der Waals surface area contributed by atoms with Crippen molar-refractivity contribution in [2.75, 3.05) is 6.61 Å². The number of carbonyl (C=O) groups is 1. The number of phenols is 1. The van der Waals surface area contributed by atoms with Crippen LogP contribution in [0.1, 0.15) is 23.8 Å². The summed E-state index contributed by atoms with van der Waals surface area (Å²) in [5.74, 6) is 2.23. The van der Waals surface area contributed by atoms with Crippen molar-refractivity contribution in [1.82, 2.24) is 4.90 Å². The van der Waals surface area contributed by atoms with Gasteiger partial charge in [0.1, 0.15) is 17.3 Å². The summed E-state index contributed by atoms with van der Waals surface area (Å²) < 4.78 is 16.8. The SMILES string of the molecule is CCOc1cc(/C=N\N=C2\S/C(=C\c3cccc(Oc4ccccc4)c3)C(=O)N2Cc2ccco2)ccc1O. The summed E-state index contributed by atoms with van der Waals surface area (Å²) in [7, 11) is 0. The normalized spacial score (nSPS) is 15.5. The molecule has 0 bridgehead atoms. The smallest absolute Gasteiger partial charge is 0.267 e. The molecule has 0 atom stereocenters. The topological polar surface area (TPSA) is 96.9 Å². The van der Waals surface area contributed by atoms with Crippen LogP contribution in [0.4, 0.5) is 0 Å². The zero-order valence-corrected chi connectivity index (χ0v) is 21.9. The fourth-order valence-electron chi connectivity index (χ4n) is 3.75. The first-order valence-corrected chi connectivity index (χ1v) is 13.0. The Morgan fingerprint density at radius 3 is 2.62 bits per heavy atom. The summed E-state index contributed by atoms with van der Waals surface area (Å²) in [4.78, 5) is 15.4. The monoisotopic (exact) mass is 539 g/mol. The Balaban J connectivity index is 1.39. The van der Waals surface area contributed by atoms with E-state index in [0.717, 1.165) is 11.3 Å². The van der Waals surface area contributed by atoms with E-state index in [9.17, 15) is 9.90 Å². The molecule has 1 aliphatic rings. The van der Waals surface area contributed by atoms with Crippen molar-refractivity contribution >= 4 is 35.1 Å². The highest BCUT2D eigenvalue weighted by molar-refractivity contribution is 8.18. The second-order valence-corrected chi connectivity index (χ2v) is 9.37. The van der Waals surface area contributed by atoms with Crippen LogP contribution in [-0.4, -0.2) is 33.9 Å². The van der Waals surface area contributed by atoms with Crippen molar-refractivity contribution in [3.05, 3.63) is 113 Å². The maximum absolute atomic E-state index is 13.4. The number of amidine groups is 1. The molecule has 196 valence electrons. The van der Waals surface area contributed by atoms with E-state index in [4.69, 9.17) is 13.9 Å². The highest BCUT2D eigenvalue weighted by Crippen LogP contribution is 2.34. The molecular weight excluding hydrogens is 514 g/mol. The van der Waals surface area contributed by atoms with E-state index in [0.29, 0.717) is 39.5 Å². The van der Waals surface area contributed by atoms with E-state index in [1.54, 1.807) is 36.6 Å². The molecule has 1 aliphatic heterocycles. The Hall–Kier alpha value is -4.76. The maximum Gasteiger partial charge on any atom is 0.267 e. The molecule has 1 fully saturated rings. The van der Waals surface area contributed by atoms with Crippen molar-refractivity contribution < 1.29 is 23.8 Å². The van der Waals surface area contributed by atoms with Crippen LogP contribution in [0.5, 0.6) is 23.0 Å². The molecule has 1 amide bonds. The summed E-state index contributed by atoms with van der Waals surface area (Å²) in [6.07, 6.45) is 4.91. The van der Waals surface area contributed by atoms with Gasteiger partial charge >= 0.3 is 0 Å². The average Bonchev–Trinajstić information content (AvgIpc) is 3.56. The molecule has 0 radical (unpaired) electrons. The zero-order chi connectivity index (χ0) is 27.0.